The predicted octanol–water partition coefficient (Wildman–Crippen LogP) is 3.27. The van der Waals surface area contributed by atoms with E-state index in [4.69, 9.17) is 9.47 Å². The molecule has 0 spiro atoms. The molecule has 3 rings (SSSR count). The van der Waals surface area contributed by atoms with Crippen molar-refractivity contribution in [3.05, 3.63) is 102 Å². The van der Waals surface area contributed by atoms with Crippen LogP contribution in [0.25, 0.3) is 0 Å². The van der Waals surface area contributed by atoms with Crippen LogP contribution in [0.1, 0.15) is 33.2 Å². The van der Waals surface area contributed by atoms with Crippen LogP contribution in [0.5, 0.6) is 5.75 Å². The fourth-order valence-electron chi connectivity index (χ4n) is 2.68. The van der Waals surface area contributed by atoms with Gasteiger partial charge in [0.15, 0.2) is 6.10 Å². The van der Waals surface area contributed by atoms with Gasteiger partial charge in [-0.25, -0.2) is 4.79 Å². The number of para-hydroxylation sites is 1. The Labute approximate surface area is 180 Å². The second-order valence-corrected chi connectivity index (χ2v) is 6.62. The van der Waals surface area contributed by atoms with Crippen LogP contribution in [0.15, 0.2) is 84.9 Å². The summed E-state index contributed by atoms with van der Waals surface area (Å²) < 4.78 is 11.0. The summed E-state index contributed by atoms with van der Waals surface area (Å²) in [7, 11) is 0. The lowest BCUT2D eigenvalue weighted by Crippen LogP contribution is -2.46. The molecule has 0 unspecified atom stereocenters. The highest BCUT2D eigenvalue weighted by molar-refractivity contribution is 5.96. The van der Waals surface area contributed by atoms with E-state index in [0.717, 1.165) is 0 Å². The number of rotatable bonds is 7. The quantitative estimate of drug-likeness (QED) is 0.454. The minimum Gasteiger partial charge on any atom is -0.489 e. The molecule has 0 heterocycles. The van der Waals surface area contributed by atoms with Crippen LogP contribution in [0, 0.1) is 0 Å². The van der Waals surface area contributed by atoms with Crippen molar-refractivity contribution in [3.63, 3.8) is 0 Å². The van der Waals surface area contributed by atoms with Gasteiger partial charge in [-0.1, -0.05) is 54.6 Å². The second-order valence-electron chi connectivity index (χ2n) is 6.62. The third kappa shape index (κ3) is 6.17. The summed E-state index contributed by atoms with van der Waals surface area (Å²) in [5, 5.41) is 0. The van der Waals surface area contributed by atoms with Gasteiger partial charge < -0.3 is 9.47 Å². The predicted molar refractivity (Wildman–Crippen MR) is 114 cm³/mol. The molecule has 0 aromatic heterocycles. The zero-order valence-corrected chi connectivity index (χ0v) is 16.9. The van der Waals surface area contributed by atoms with Crippen LogP contribution in [-0.4, -0.2) is 23.9 Å². The first-order valence-corrected chi connectivity index (χ1v) is 9.66. The smallest absolute Gasteiger partial charge is 0.339 e. The Morgan fingerprint density at radius 3 is 2.13 bits per heavy atom. The van der Waals surface area contributed by atoms with Crippen LogP contribution in [0.3, 0.4) is 0 Å². The average molecular weight is 418 g/mol. The summed E-state index contributed by atoms with van der Waals surface area (Å²) in [6.45, 7) is 1.59. The van der Waals surface area contributed by atoms with Crippen LogP contribution in [0.4, 0.5) is 0 Å². The highest BCUT2D eigenvalue weighted by Crippen LogP contribution is 2.16. The molecule has 3 aromatic rings. The van der Waals surface area contributed by atoms with Gasteiger partial charge in [0.1, 0.15) is 12.4 Å². The molecule has 0 saturated heterocycles. The lowest BCUT2D eigenvalue weighted by atomic mass is 10.1. The van der Waals surface area contributed by atoms with Gasteiger partial charge in [-0.3, -0.25) is 20.4 Å². The molecule has 31 heavy (non-hydrogen) atoms. The van der Waals surface area contributed by atoms with Crippen molar-refractivity contribution in [1.82, 2.24) is 10.9 Å². The normalized spacial score (nSPS) is 11.1. The molecule has 1 atom stereocenters. The molecule has 0 aliphatic rings. The van der Waals surface area contributed by atoms with Crippen LogP contribution < -0.4 is 15.6 Å². The van der Waals surface area contributed by atoms with Gasteiger partial charge in [0.05, 0.1) is 5.56 Å². The van der Waals surface area contributed by atoms with Crippen molar-refractivity contribution in [2.45, 2.75) is 19.6 Å². The number of hydrazine groups is 1. The maximum Gasteiger partial charge on any atom is 0.339 e. The number of ether oxygens (including phenoxy) is 2. The molecule has 3 aromatic carbocycles. The number of nitrogens with one attached hydrogen (secondary N) is 2. The Hall–Kier alpha value is -4.13. The molecular formula is C24H22N2O5. The molecule has 0 radical (unpaired) electrons. The lowest BCUT2D eigenvalue weighted by molar-refractivity contribution is -0.129. The summed E-state index contributed by atoms with van der Waals surface area (Å²) in [5.74, 6) is -1.12. The minimum absolute atomic E-state index is 0.170. The van der Waals surface area contributed by atoms with E-state index < -0.39 is 23.9 Å². The molecule has 158 valence electrons. The Kier molecular flexibility index (Phi) is 7.37. The number of hydrogen-bond donors (Lipinski definition) is 2. The van der Waals surface area contributed by atoms with Crippen molar-refractivity contribution < 1.29 is 23.9 Å². The molecule has 7 heteroatoms. The number of carbonyl (C=O) groups is 3. The summed E-state index contributed by atoms with van der Waals surface area (Å²) >= 11 is 0. The first kappa shape index (κ1) is 21.6. The molecule has 0 bridgehead atoms. The Morgan fingerprint density at radius 2 is 1.42 bits per heavy atom. The van der Waals surface area contributed by atoms with E-state index in [9.17, 15) is 14.4 Å². The zero-order chi connectivity index (χ0) is 22.1. The standard InChI is InChI=1S/C24H22N2O5/c1-17(22(27)25-26-23(28)18-10-4-2-5-11-18)31-24(29)21-15-9-8-12-19(21)16-30-20-13-6-3-7-14-20/h2-15,17H,16H2,1H3,(H,25,27)(H,26,28)/t17-/m1/s1. The molecule has 0 fully saturated rings. The van der Waals surface area contributed by atoms with Gasteiger partial charge in [-0.05, 0) is 37.3 Å². The Balaban J connectivity index is 1.55. The van der Waals surface area contributed by atoms with E-state index in [1.165, 1.54) is 6.92 Å². The Bertz CT molecular complexity index is 1040. The van der Waals surface area contributed by atoms with Crippen LogP contribution >= 0.6 is 0 Å². The highest BCUT2D eigenvalue weighted by atomic mass is 16.5. The molecular weight excluding hydrogens is 396 g/mol. The third-order valence-corrected chi connectivity index (χ3v) is 4.36. The van der Waals surface area contributed by atoms with Crippen molar-refractivity contribution >= 4 is 17.8 Å². The maximum atomic E-state index is 12.6. The SMILES string of the molecule is C[C@@H](OC(=O)c1ccccc1COc1ccccc1)C(=O)NNC(=O)c1ccccc1. The van der Waals surface area contributed by atoms with E-state index in [1.54, 1.807) is 54.6 Å². The van der Waals surface area contributed by atoms with E-state index in [1.807, 2.05) is 30.3 Å². The van der Waals surface area contributed by atoms with E-state index in [0.29, 0.717) is 22.4 Å². The van der Waals surface area contributed by atoms with Crippen molar-refractivity contribution in [3.8, 4) is 5.75 Å². The first-order chi connectivity index (χ1) is 15.0. The largest absolute Gasteiger partial charge is 0.489 e. The number of amides is 2. The van der Waals surface area contributed by atoms with E-state index in [-0.39, 0.29) is 6.61 Å². The van der Waals surface area contributed by atoms with Gasteiger partial charge in [0.25, 0.3) is 11.8 Å². The molecule has 0 saturated carbocycles. The minimum atomic E-state index is -1.12. The van der Waals surface area contributed by atoms with Crippen molar-refractivity contribution in [1.29, 1.82) is 0 Å². The van der Waals surface area contributed by atoms with Gasteiger partial charge in [-0.2, -0.15) is 0 Å². The van der Waals surface area contributed by atoms with Crippen LogP contribution in [0.2, 0.25) is 0 Å². The number of esters is 1. The maximum absolute atomic E-state index is 12.6. The van der Waals surface area contributed by atoms with Gasteiger partial charge >= 0.3 is 5.97 Å². The molecule has 7 nitrogen and oxygen atoms in total. The monoisotopic (exact) mass is 418 g/mol. The van der Waals surface area contributed by atoms with E-state index in [2.05, 4.69) is 10.9 Å². The van der Waals surface area contributed by atoms with Crippen molar-refractivity contribution in [2.24, 2.45) is 0 Å². The molecule has 2 amide bonds. The van der Waals surface area contributed by atoms with Gasteiger partial charge in [-0.15, -0.1) is 0 Å². The number of benzene rings is 3. The first-order valence-electron chi connectivity index (χ1n) is 9.66. The fraction of sp³-hybridized carbons (Fsp3) is 0.125. The summed E-state index contributed by atoms with van der Waals surface area (Å²) in [5.41, 5.74) is 5.86. The fourth-order valence-corrected chi connectivity index (χ4v) is 2.68. The zero-order valence-electron chi connectivity index (χ0n) is 16.9. The summed E-state index contributed by atoms with van der Waals surface area (Å²) in [6, 6.07) is 24.5. The topological polar surface area (TPSA) is 93.7 Å². The molecule has 2 N–H and O–H groups in total. The second kappa shape index (κ2) is 10.6. The summed E-state index contributed by atoms with van der Waals surface area (Å²) in [6.07, 6.45) is -1.12. The number of carbonyl (C=O) groups excluding carboxylic acids is 3. The molecule has 0 aliphatic heterocycles. The number of hydrogen-bond acceptors (Lipinski definition) is 5. The van der Waals surface area contributed by atoms with E-state index >= 15 is 0 Å². The molecule has 0 aliphatic carbocycles. The lowest BCUT2D eigenvalue weighted by Gasteiger charge is -2.15. The highest BCUT2D eigenvalue weighted by Gasteiger charge is 2.21. The van der Waals surface area contributed by atoms with Crippen molar-refractivity contribution in [2.75, 3.05) is 0 Å². The Morgan fingerprint density at radius 1 is 0.806 bits per heavy atom. The third-order valence-electron chi connectivity index (χ3n) is 4.36. The summed E-state index contributed by atoms with van der Waals surface area (Å²) in [4.78, 5) is 36.8. The average Bonchev–Trinajstić information content (AvgIpc) is 2.82. The van der Waals surface area contributed by atoms with Gasteiger partial charge in [0, 0.05) is 11.1 Å². The van der Waals surface area contributed by atoms with Gasteiger partial charge in [0.2, 0.25) is 0 Å². The van der Waals surface area contributed by atoms with Crippen LogP contribution in [-0.2, 0) is 16.1 Å².